The highest BCUT2D eigenvalue weighted by Crippen LogP contribution is 2.33. The van der Waals surface area contributed by atoms with Gasteiger partial charge in [0.1, 0.15) is 5.82 Å². The number of aromatic amines is 1. The lowest BCUT2D eigenvalue weighted by Gasteiger charge is -2.40. The first-order valence-electron chi connectivity index (χ1n) is 9.30. The molecule has 2 heterocycles. The van der Waals surface area contributed by atoms with Crippen LogP contribution in [0.1, 0.15) is 30.3 Å². The van der Waals surface area contributed by atoms with Crippen LogP contribution in [0.25, 0.3) is 11.0 Å². The molecule has 1 aliphatic rings. The number of para-hydroxylation sites is 2. The molecule has 142 valence electrons. The Labute approximate surface area is 163 Å². The molecule has 0 bridgehead atoms. The maximum absolute atomic E-state index is 12.3. The van der Waals surface area contributed by atoms with Crippen LogP contribution >= 0.6 is 0 Å². The monoisotopic (exact) mass is 374 g/mol. The van der Waals surface area contributed by atoms with Gasteiger partial charge in [0.15, 0.2) is 0 Å². The minimum Gasteiger partial charge on any atom is -0.351 e. The van der Waals surface area contributed by atoms with Gasteiger partial charge in [0.2, 0.25) is 0 Å². The molecule has 0 saturated carbocycles. The Balaban J connectivity index is 1.63. The lowest BCUT2D eigenvalue weighted by atomic mass is 9.95. The normalized spacial score (nSPS) is 20.0. The number of likely N-dealkylation sites (tertiary alicyclic amines) is 1. The van der Waals surface area contributed by atoms with Crippen LogP contribution in [0, 0.1) is 11.3 Å². The number of nitrogens with one attached hydrogen (secondary N) is 1. The van der Waals surface area contributed by atoms with Crippen LogP contribution in [0.2, 0.25) is 0 Å². The van der Waals surface area contributed by atoms with Crippen molar-refractivity contribution in [2.24, 2.45) is 5.73 Å². The number of hydrogen-bond acceptors (Lipinski definition) is 4. The van der Waals surface area contributed by atoms with Gasteiger partial charge in [-0.25, -0.2) is 9.78 Å². The molecule has 4 rings (SSSR count). The van der Waals surface area contributed by atoms with E-state index in [-0.39, 0.29) is 12.1 Å². The SMILES string of the molecule is CN1CC[C@@H](N(C(N)=O)c2ccc(C#N)cc2)C[C@@H]1c1nc2ccccc2[nH]1. The molecular weight excluding hydrogens is 352 g/mol. The van der Waals surface area contributed by atoms with Crippen molar-refractivity contribution in [3.8, 4) is 6.07 Å². The average molecular weight is 374 g/mol. The van der Waals surface area contributed by atoms with Gasteiger partial charge in [-0.2, -0.15) is 5.26 Å². The van der Waals surface area contributed by atoms with E-state index in [9.17, 15) is 4.79 Å². The van der Waals surface area contributed by atoms with E-state index in [1.807, 2.05) is 24.3 Å². The van der Waals surface area contributed by atoms with E-state index in [4.69, 9.17) is 16.0 Å². The number of nitrogens with two attached hydrogens (primary N) is 1. The van der Waals surface area contributed by atoms with Gasteiger partial charge in [0.25, 0.3) is 0 Å². The predicted octanol–water partition coefficient (Wildman–Crippen LogP) is 3.16. The number of primary amides is 1. The molecule has 3 aromatic rings. The van der Waals surface area contributed by atoms with Crippen LogP contribution in [-0.2, 0) is 0 Å². The van der Waals surface area contributed by atoms with Gasteiger partial charge >= 0.3 is 6.03 Å². The highest BCUT2D eigenvalue weighted by atomic mass is 16.2. The first-order valence-corrected chi connectivity index (χ1v) is 9.30. The van der Waals surface area contributed by atoms with E-state index < -0.39 is 6.03 Å². The molecule has 2 amide bonds. The number of aromatic nitrogens is 2. The second-order valence-corrected chi connectivity index (χ2v) is 7.18. The van der Waals surface area contributed by atoms with Crippen molar-refractivity contribution >= 4 is 22.8 Å². The molecule has 0 unspecified atom stereocenters. The summed E-state index contributed by atoms with van der Waals surface area (Å²) >= 11 is 0. The predicted molar refractivity (Wildman–Crippen MR) is 108 cm³/mol. The topological polar surface area (TPSA) is 102 Å². The minimum atomic E-state index is -0.484. The highest BCUT2D eigenvalue weighted by Gasteiger charge is 2.34. The van der Waals surface area contributed by atoms with Gasteiger partial charge in [-0.3, -0.25) is 9.80 Å². The number of urea groups is 1. The fourth-order valence-corrected chi connectivity index (χ4v) is 3.96. The number of piperidine rings is 1. The van der Waals surface area contributed by atoms with Crippen LogP contribution in [0.5, 0.6) is 0 Å². The molecule has 7 nitrogen and oxygen atoms in total. The Morgan fingerprint density at radius 1 is 1.29 bits per heavy atom. The Hall–Kier alpha value is -3.37. The number of anilines is 1. The molecule has 7 heteroatoms. The fourth-order valence-electron chi connectivity index (χ4n) is 3.96. The van der Waals surface area contributed by atoms with E-state index >= 15 is 0 Å². The maximum Gasteiger partial charge on any atom is 0.319 e. The number of amides is 2. The van der Waals surface area contributed by atoms with Crippen molar-refractivity contribution in [3.05, 3.63) is 59.9 Å². The Kier molecular flexibility index (Phi) is 4.72. The molecule has 0 radical (unpaired) electrons. The van der Waals surface area contributed by atoms with Crippen molar-refractivity contribution in [3.63, 3.8) is 0 Å². The number of imidazole rings is 1. The molecule has 1 aromatic heterocycles. The van der Waals surface area contributed by atoms with E-state index in [0.29, 0.717) is 11.3 Å². The number of rotatable bonds is 3. The smallest absolute Gasteiger partial charge is 0.319 e. The summed E-state index contributed by atoms with van der Waals surface area (Å²) in [7, 11) is 2.07. The molecular formula is C21H22N6O. The number of hydrogen-bond donors (Lipinski definition) is 2. The third-order valence-electron chi connectivity index (χ3n) is 5.44. The van der Waals surface area contributed by atoms with Crippen molar-refractivity contribution in [1.82, 2.24) is 14.9 Å². The summed E-state index contributed by atoms with van der Waals surface area (Å²) in [6, 6.07) is 16.5. The van der Waals surface area contributed by atoms with Crippen LogP contribution in [0.4, 0.5) is 10.5 Å². The zero-order valence-corrected chi connectivity index (χ0v) is 15.7. The first kappa shape index (κ1) is 18.0. The minimum absolute atomic E-state index is 0.0418. The molecule has 28 heavy (non-hydrogen) atoms. The second kappa shape index (κ2) is 7.33. The third-order valence-corrected chi connectivity index (χ3v) is 5.44. The van der Waals surface area contributed by atoms with Gasteiger partial charge in [-0.1, -0.05) is 12.1 Å². The molecule has 2 aromatic carbocycles. The maximum atomic E-state index is 12.3. The van der Waals surface area contributed by atoms with Gasteiger partial charge in [0.05, 0.1) is 28.7 Å². The summed E-state index contributed by atoms with van der Waals surface area (Å²) in [5, 5.41) is 9.00. The van der Waals surface area contributed by atoms with Crippen LogP contribution in [-0.4, -0.2) is 40.5 Å². The number of H-pyrrole nitrogens is 1. The molecule has 0 aliphatic carbocycles. The van der Waals surface area contributed by atoms with Crippen molar-refractivity contribution in [1.29, 1.82) is 5.26 Å². The summed E-state index contributed by atoms with van der Waals surface area (Å²) < 4.78 is 0. The van der Waals surface area contributed by atoms with E-state index in [0.717, 1.165) is 36.2 Å². The number of carbonyl (C=O) groups excluding carboxylic acids is 1. The lowest BCUT2D eigenvalue weighted by molar-refractivity contribution is 0.161. The Morgan fingerprint density at radius 2 is 2.04 bits per heavy atom. The Bertz CT molecular complexity index is 1000. The quantitative estimate of drug-likeness (QED) is 0.735. The molecule has 2 atom stereocenters. The summed E-state index contributed by atoms with van der Waals surface area (Å²) in [4.78, 5) is 24.3. The second-order valence-electron chi connectivity index (χ2n) is 7.18. The summed E-state index contributed by atoms with van der Waals surface area (Å²) in [5.41, 5.74) is 8.94. The van der Waals surface area contributed by atoms with E-state index in [1.54, 1.807) is 29.2 Å². The van der Waals surface area contributed by atoms with Gasteiger partial charge < -0.3 is 10.7 Å². The largest absolute Gasteiger partial charge is 0.351 e. The molecule has 3 N–H and O–H groups in total. The van der Waals surface area contributed by atoms with Gasteiger partial charge in [0, 0.05) is 18.3 Å². The van der Waals surface area contributed by atoms with Crippen LogP contribution in [0.3, 0.4) is 0 Å². The summed E-state index contributed by atoms with van der Waals surface area (Å²) in [5.74, 6) is 0.901. The molecule has 0 spiro atoms. The lowest BCUT2D eigenvalue weighted by Crippen LogP contribution is -2.50. The van der Waals surface area contributed by atoms with Crippen molar-refractivity contribution < 1.29 is 4.79 Å². The Morgan fingerprint density at radius 3 is 2.71 bits per heavy atom. The van der Waals surface area contributed by atoms with Crippen LogP contribution < -0.4 is 10.6 Å². The average Bonchev–Trinajstić information content (AvgIpc) is 3.13. The number of nitriles is 1. The zero-order chi connectivity index (χ0) is 19.7. The number of nitrogens with zero attached hydrogens (tertiary/aromatic N) is 4. The number of fused-ring (bicyclic) bond motifs is 1. The summed E-state index contributed by atoms with van der Waals surface area (Å²) in [6.07, 6.45) is 1.54. The number of benzene rings is 2. The fraction of sp³-hybridized carbons (Fsp3) is 0.286. The standard InChI is InChI=1S/C21H22N6O/c1-26-11-10-16(27(21(23)28)15-8-6-14(13-22)7-9-15)12-19(26)20-24-17-4-2-3-5-18(17)25-20/h2-9,16,19H,10-12H2,1H3,(H2,23,28)(H,24,25)/t16-,19-/m1/s1. The van der Waals surface area contributed by atoms with Crippen LogP contribution in [0.15, 0.2) is 48.5 Å². The van der Waals surface area contributed by atoms with E-state index in [1.165, 1.54) is 0 Å². The van der Waals surface area contributed by atoms with Gasteiger partial charge in [-0.15, -0.1) is 0 Å². The highest BCUT2D eigenvalue weighted by molar-refractivity contribution is 5.91. The van der Waals surface area contributed by atoms with E-state index in [2.05, 4.69) is 23.0 Å². The number of carbonyl (C=O) groups is 1. The third kappa shape index (κ3) is 3.30. The summed E-state index contributed by atoms with van der Waals surface area (Å²) in [6.45, 7) is 0.826. The van der Waals surface area contributed by atoms with Crippen molar-refractivity contribution in [2.75, 3.05) is 18.5 Å². The first-order chi connectivity index (χ1) is 13.6. The molecule has 1 aliphatic heterocycles. The van der Waals surface area contributed by atoms with Crippen molar-refractivity contribution in [2.45, 2.75) is 24.9 Å². The molecule has 1 fully saturated rings. The van der Waals surface area contributed by atoms with Gasteiger partial charge in [-0.05, 0) is 56.3 Å². The molecule has 1 saturated heterocycles. The zero-order valence-electron chi connectivity index (χ0n) is 15.7.